The van der Waals surface area contributed by atoms with Crippen LogP contribution < -0.4 is 15.6 Å². The van der Waals surface area contributed by atoms with Crippen molar-refractivity contribution in [2.75, 3.05) is 20.2 Å². The van der Waals surface area contributed by atoms with Crippen LogP contribution in [0, 0.1) is 5.82 Å². The van der Waals surface area contributed by atoms with Gasteiger partial charge in [-0.15, -0.1) is 0 Å². The quantitative estimate of drug-likeness (QED) is 0.657. The molecule has 1 amide bonds. The number of carbonyl (C=O) groups excluding carboxylic acids is 1. The molecule has 3 aromatic rings. The average Bonchev–Trinajstić information content (AvgIpc) is 2.77. The lowest BCUT2D eigenvalue weighted by Gasteiger charge is -2.32. The van der Waals surface area contributed by atoms with Crippen LogP contribution in [0.3, 0.4) is 0 Å². The third-order valence-corrected chi connectivity index (χ3v) is 5.63. The van der Waals surface area contributed by atoms with Crippen molar-refractivity contribution >= 4 is 16.9 Å². The van der Waals surface area contributed by atoms with E-state index < -0.39 is 0 Å². The monoisotopic (exact) mass is 424 g/mol. The molecule has 1 aromatic heterocycles. The zero-order chi connectivity index (χ0) is 21.8. The van der Waals surface area contributed by atoms with Crippen LogP contribution in [0.4, 0.5) is 4.39 Å². The van der Waals surface area contributed by atoms with Crippen molar-refractivity contribution in [1.29, 1.82) is 0 Å². The Kier molecular flexibility index (Phi) is 6.27. The number of methoxy groups -OCH3 is 1. The molecular formula is C23H25FN4O3. The molecule has 7 nitrogen and oxygen atoms in total. The highest BCUT2D eigenvalue weighted by molar-refractivity contribution is 5.80. The molecule has 0 saturated carbocycles. The number of rotatable bonds is 6. The first-order chi connectivity index (χ1) is 15.0. The highest BCUT2D eigenvalue weighted by Gasteiger charge is 2.21. The molecule has 1 N–H and O–H groups in total. The van der Waals surface area contributed by atoms with Crippen molar-refractivity contribution in [2.45, 2.75) is 32.0 Å². The Morgan fingerprint density at radius 3 is 2.74 bits per heavy atom. The van der Waals surface area contributed by atoms with Gasteiger partial charge < -0.3 is 10.1 Å². The molecule has 1 saturated heterocycles. The summed E-state index contributed by atoms with van der Waals surface area (Å²) in [5.41, 5.74) is 1.92. The van der Waals surface area contributed by atoms with Crippen LogP contribution in [-0.4, -0.2) is 46.6 Å². The lowest BCUT2D eigenvalue weighted by atomic mass is 10.0. The van der Waals surface area contributed by atoms with Crippen LogP contribution >= 0.6 is 0 Å². The molecule has 1 aliphatic rings. The summed E-state index contributed by atoms with van der Waals surface area (Å²) in [5.74, 6) is -0.304. The van der Waals surface area contributed by atoms with Crippen molar-refractivity contribution in [3.8, 4) is 5.75 Å². The number of halogens is 1. The summed E-state index contributed by atoms with van der Waals surface area (Å²) in [6.45, 7) is 2.22. The lowest BCUT2D eigenvalue weighted by Crippen LogP contribution is -2.45. The van der Waals surface area contributed by atoms with E-state index in [0.29, 0.717) is 17.6 Å². The smallest absolute Gasteiger partial charge is 0.269 e. The maximum absolute atomic E-state index is 13.9. The maximum atomic E-state index is 13.9. The van der Waals surface area contributed by atoms with Crippen LogP contribution in [0.2, 0.25) is 0 Å². The first kappa shape index (κ1) is 21.0. The minimum Gasteiger partial charge on any atom is -0.494 e. The fraction of sp³-hybridized carbons (Fsp3) is 0.348. The summed E-state index contributed by atoms with van der Waals surface area (Å²) in [4.78, 5) is 31.2. The summed E-state index contributed by atoms with van der Waals surface area (Å²) in [7, 11) is 1.45. The predicted octanol–water partition coefficient (Wildman–Crippen LogP) is 2.32. The Morgan fingerprint density at radius 1 is 1.23 bits per heavy atom. The molecule has 2 heterocycles. The first-order valence-electron chi connectivity index (χ1n) is 10.3. The number of hydrogen-bond donors (Lipinski definition) is 1. The van der Waals surface area contributed by atoms with Gasteiger partial charge in [-0.2, -0.15) is 0 Å². The minimum atomic E-state index is -0.360. The minimum absolute atomic E-state index is 0.0345. The van der Waals surface area contributed by atoms with Gasteiger partial charge in [-0.25, -0.2) is 9.37 Å². The Bertz CT molecular complexity index is 1140. The van der Waals surface area contributed by atoms with Gasteiger partial charge in [0.1, 0.15) is 6.54 Å². The number of nitrogens with one attached hydrogen (secondary N) is 1. The van der Waals surface area contributed by atoms with E-state index in [9.17, 15) is 14.0 Å². The van der Waals surface area contributed by atoms with E-state index >= 15 is 0 Å². The molecule has 1 aliphatic heterocycles. The van der Waals surface area contributed by atoms with Gasteiger partial charge >= 0.3 is 0 Å². The van der Waals surface area contributed by atoms with Gasteiger partial charge in [-0.1, -0.05) is 18.2 Å². The summed E-state index contributed by atoms with van der Waals surface area (Å²) in [6, 6.07) is 12.3. The first-order valence-corrected chi connectivity index (χ1v) is 10.3. The number of nitrogens with zero attached hydrogens (tertiary/aromatic N) is 3. The Balaban J connectivity index is 1.31. The van der Waals surface area contributed by atoms with Crippen molar-refractivity contribution in [1.82, 2.24) is 19.8 Å². The highest BCUT2D eigenvalue weighted by atomic mass is 19.1. The molecule has 1 fully saturated rings. The molecule has 31 heavy (non-hydrogen) atoms. The van der Waals surface area contributed by atoms with Gasteiger partial charge in [-0.3, -0.25) is 19.1 Å². The number of carbonyl (C=O) groups is 1. The third-order valence-electron chi connectivity index (χ3n) is 5.63. The largest absolute Gasteiger partial charge is 0.494 e. The topological polar surface area (TPSA) is 76.5 Å². The van der Waals surface area contributed by atoms with Crippen LogP contribution in [-0.2, 0) is 17.9 Å². The molecule has 2 aromatic carbocycles. The highest BCUT2D eigenvalue weighted by Crippen LogP contribution is 2.20. The molecule has 0 radical (unpaired) electrons. The van der Waals surface area contributed by atoms with Crippen LogP contribution in [0.5, 0.6) is 5.75 Å². The van der Waals surface area contributed by atoms with Gasteiger partial charge in [0.15, 0.2) is 11.6 Å². The number of para-hydroxylation sites is 2. The van der Waals surface area contributed by atoms with Gasteiger partial charge in [0.25, 0.3) is 5.56 Å². The summed E-state index contributed by atoms with van der Waals surface area (Å²) < 4.78 is 20.3. The van der Waals surface area contributed by atoms with E-state index in [0.717, 1.165) is 31.5 Å². The number of ether oxygens (including phenoxy) is 1. The zero-order valence-corrected chi connectivity index (χ0v) is 17.4. The van der Waals surface area contributed by atoms with Crippen LogP contribution in [0.25, 0.3) is 11.0 Å². The standard InChI is InChI=1S/C23H25FN4O3/c1-31-21-7-6-16(12-18(21)24)14-27-10-8-17(9-11-27)26-22(29)15-28-20-5-3-2-4-19(20)25-13-23(28)30/h2-7,12-13,17H,8-11,14-15H2,1H3,(H,26,29). The third kappa shape index (κ3) is 4.91. The van der Waals surface area contributed by atoms with Gasteiger partial charge in [-0.05, 0) is 42.7 Å². The number of fused-ring (bicyclic) bond motifs is 1. The van der Waals surface area contributed by atoms with Crippen LogP contribution in [0.1, 0.15) is 18.4 Å². The average molecular weight is 424 g/mol. The number of piperidine rings is 1. The molecule has 0 atom stereocenters. The number of benzene rings is 2. The Morgan fingerprint density at radius 2 is 2.00 bits per heavy atom. The fourth-order valence-corrected chi connectivity index (χ4v) is 4.00. The second-order valence-electron chi connectivity index (χ2n) is 7.76. The molecule has 4 rings (SSSR count). The van der Waals surface area contributed by atoms with Gasteiger partial charge in [0.2, 0.25) is 5.91 Å². The molecule has 8 heteroatoms. The van der Waals surface area contributed by atoms with Gasteiger partial charge in [0.05, 0.1) is 24.3 Å². The number of aromatic nitrogens is 2. The van der Waals surface area contributed by atoms with E-state index in [4.69, 9.17) is 4.74 Å². The van der Waals surface area contributed by atoms with Crippen LogP contribution in [0.15, 0.2) is 53.5 Å². The van der Waals surface area contributed by atoms with Crippen molar-refractivity contribution in [3.63, 3.8) is 0 Å². The van der Waals surface area contributed by atoms with Crippen molar-refractivity contribution < 1.29 is 13.9 Å². The Labute approximate surface area is 179 Å². The number of likely N-dealkylation sites (tertiary alicyclic amines) is 1. The van der Waals surface area contributed by atoms with Crippen molar-refractivity contribution in [2.24, 2.45) is 0 Å². The lowest BCUT2D eigenvalue weighted by molar-refractivity contribution is -0.122. The maximum Gasteiger partial charge on any atom is 0.269 e. The summed E-state index contributed by atoms with van der Waals surface area (Å²) in [5, 5.41) is 3.05. The summed E-state index contributed by atoms with van der Waals surface area (Å²) in [6.07, 6.45) is 2.85. The molecule has 0 unspecified atom stereocenters. The van der Waals surface area contributed by atoms with Gasteiger partial charge in [0, 0.05) is 25.7 Å². The molecular weight excluding hydrogens is 399 g/mol. The molecule has 0 spiro atoms. The zero-order valence-electron chi connectivity index (χ0n) is 17.4. The fourth-order valence-electron chi connectivity index (χ4n) is 4.00. The SMILES string of the molecule is COc1ccc(CN2CCC(NC(=O)Cn3c(=O)cnc4ccccc43)CC2)cc1F. The summed E-state index contributed by atoms with van der Waals surface area (Å²) >= 11 is 0. The van der Waals surface area contributed by atoms with E-state index in [1.807, 2.05) is 24.3 Å². The number of amides is 1. The molecule has 162 valence electrons. The molecule has 0 aliphatic carbocycles. The van der Waals surface area contributed by atoms with E-state index in [1.54, 1.807) is 12.1 Å². The number of hydrogen-bond acceptors (Lipinski definition) is 5. The molecule has 0 bridgehead atoms. The van der Waals surface area contributed by atoms with Crippen molar-refractivity contribution in [3.05, 3.63) is 70.4 Å². The second kappa shape index (κ2) is 9.26. The predicted molar refractivity (Wildman–Crippen MR) is 115 cm³/mol. The second-order valence-corrected chi connectivity index (χ2v) is 7.76. The Hall–Kier alpha value is -3.26. The normalized spacial score (nSPS) is 15.2. The van der Waals surface area contributed by atoms with E-state index in [-0.39, 0.29) is 35.6 Å². The van der Waals surface area contributed by atoms with E-state index in [1.165, 1.54) is 23.9 Å². The van der Waals surface area contributed by atoms with E-state index in [2.05, 4.69) is 15.2 Å².